The van der Waals surface area contributed by atoms with Crippen molar-refractivity contribution < 1.29 is 4.79 Å². The predicted octanol–water partition coefficient (Wildman–Crippen LogP) is 3.93. The fourth-order valence-corrected chi connectivity index (χ4v) is 0.978. The summed E-state index contributed by atoms with van der Waals surface area (Å²) in [6.45, 7) is 7.32. The summed E-state index contributed by atoms with van der Waals surface area (Å²) >= 11 is 0. The van der Waals surface area contributed by atoms with E-state index in [9.17, 15) is 4.79 Å². The molecule has 100 valence electrons. The van der Waals surface area contributed by atoms with Crippen LogP contribution in [0.5, 0.6) is 0 Å². The van der Waals surface area contributed by atoms with Gasteiger partial charge in [0.15, 0.2) is 6.29 Å². The Morgan fingerprint density at radius 2 is 1.72 bits per heavy atom. The highest BCUT2D eigenvalue weighted by Crippen LogP contribution is 2.01. The molecule has 2 N–H and O–H groups in total. The standard InChI is InChI=1S/C7H9N.C6H9NO.C2H6/c1-8-7-5-3-2-4-6-7;1-3-6(4-8)5(2)7;1-2/h2-6,8H,1H3;3-4,7H,1-2H3;1-2H3/b;6-3-,7-5?;. The maximum Gasteiger partial charge on any atom is 0.151 e. The van der Waals surface area contributed by atoms with Crippen molar-refractivity contribution in [2.45, 2.75) is 27.7 Å². The van der Waals surface area contributed by atoms with Crippen molar-refractivity contribution in [3.05, 3.63) is 42.0 Å². The SMILES string of the molecule is C/C=C(/C=O)C(C)=N.CC.CNc1ccccc1. The van der Waals surface area contributed by atoms with Crippen LogP contribution in [0.4, 0.5) is 5.69 Å². The summed E-state index contributed by atoms with van der Waals surface area (Å²) in [6.07, 6.45) is 2.30. The fraction of sp³-hybridized carbons (Fsp3) is 0.333. The van der Waals surface area contributed by atoms with Gasteiger partial charge in [0.1, 0.15) is 0 Å². The number of para-hydroxylation sites is 1. The zero-order valence-electron chi connectivity index (χ0n) is 11.9. The topological polar surface area (TPSA) is 53.0 Å². The first kappa shape index (κ1) is 18.5. The third kappa shape index (κ3) is 9.33. The van der Waals surface area contributed by atoms with Crippen molar-refractivity contribution in [3.63, 3.8) is 0 Å². The molecule has 1 rings (SSSR count). The van der Waals surface area contributed by atoms with Crippen molar-refractivity contribution in [1.82, 2.24) is 0 Å². The number of carbonyl (C=O) groups is 1. The molecule has 3 nitrogen and oxygen atoms in total. The summed E-state index contributed by atoms with van der Waals surface area (Å²) in [5.74, 6) is 0. The van der Waals surface area contributed by atoms with Gasteiger partial charge in [-0.1, -0.05) is 38.1 Å². The number of allylic oxidation sites excluding steroid dienone is 2. The van der Waals surface area contributed by atoms with E-state index in [4.69, 9.17) is 5.41 Å². The molecule has 0 spiro atoms. The van der Waals surface area contributed by atoms with E-state index < -0.39 is 0 Å². The Hall–Kier alpha value is -1.90. The molecule has 0 unspecified atom stereocenters. The molecule has 3 heteroatoms. The zero-order chi connectivity index (χ0) is 14.4. The van der Waals surface area contributed by atoms with Gasteiger partial charge < -0.3 is 10.7 Å². The molecule has 1 aromatic rings. The number of hydrogen-bond acceptors (Lipinski definition) is 3. The van der Waals surface area contributed by atoms with Crippen molar-refractivity contribution in [2.24, 2.45) is 0 Å². The number of rotatable bonds is 3. The Morgan fingerprint density at radius 1 is 1.22 bits per heavy atom. The number of benzene rings is 1. The van der Waals surface area contributed by atoms with Gasteiger partial charge >= 0.3 is 0 Å². The van der Waals surface area contributed by atoms with Gasteiger partial charge in [0.2, 0.25) is 0 Å². The Bertz CT molecular complexity index is 356. The second-order valence-electron chi connectivity index (χ2n) is 3.10. The van der Waals surface area contributed by atoms with E-state index in [0.717, 1.165) is 5.69 Å². The van der Waals surface area contributed by atoms with E-state index in [1.165, 1.54) is 0 Å². The van der Waals surface area contributed by atoms with Crippen molar-refractivity contribution in [2.75, 3.05) is 12.4 Å². The van der Waals surface area contributed by atoms with Crippen molar-refractivity contribution in [1.29, 1.82) is 5.41 Å². The molecular formula is C15H24N2O. The second kappa shape index (κ2) is 13.2. The summed E-state index contributed by atoms with van der Waals surface area (Å²) in [5.41, 5.74) is 1.94. The molecule has 0 fully saturated rings. The average Bonchev–Trinajstić information content (AvgIpc) is 2.43. The number of aldehydes is 1. The van der Waals surface area contributed by atoms with Gasteiger partial charge in [0.25, 0.3) is 0 Å². The number of anilines is 1. The van der Waals surface area contributed by atoms with Crippen LogP contribution in [0.25, 0.3) is 0 Å². The number of carbonyl (C=O) groups excluding carboxylic acids is 1. The van der Waals surface area contributed by atoms with E-state index in [2.05, 4.69) is 5.32 Å². The highest BCUT2D eigenvalue weighted by atomic mass is 16.1. The number of nitrogens with one attached hydrogen (secondary N) is 2. The Kier molecular flexibility index (Phi) is 13.5. The lowest BCUT2D eigenvalue weighted by Crippen LogP contribution is -1.94. The molecule has 0 heterocycles. The van der Waals surface area contributed by atoms with E-state index in [1.807, 2.05) is 51.2 Å². The van der Waals surface area contributed by atoms with Crippen LogP contribution in [0, 0.1) is 5.41 Å². The third-order valence-corrected chi connectivity index (χ3v) is 1.93. The molecule has 0 aliphatic rings. The first-order valence-electron chi connectivity index (χ1n) is 6.05. The molecule has 1 aromatic carbocycles. The predicted molar refractivity (Wildman–Crippen MR) is 80.6 cm³/mol. The molecule has 0 aliphatic heterocycles. The second-order valence-corrected chi connectivity index (χ2v) is 3.10. The molecule has 0 saturated heterocycles. The van der Waals surface area contributed by atoms with Gasteiger partial charge in [0.05, 0.1) is 0 Å². The van der Waals surface area contributed by atoms with Crippen LogP contribution in [0.3, 0.4) is 0 Å². The Labute approximate surface area is 110 Å². The van der Waals surface area contributed by atoms with Gasteiger partial charge in [-0.05, 0) is 26.0 Å². The van der Waals surface area contributed by atoms with Gasteiger partial charge in [-0.2, -0.15) is 0 Å². The van der Waals surface area contributed by atoms with Crippen molar-refractivity contribution in [3.8, 4) is 0 Å². The van der Waals surface area contributed by atoms with E-state index >= 15 is 0 Å². The highest BCUT2D eigenvalue weighted by molar-refractivity contribution is 6.11. The largest absolute Gasteiger partial charge is 0.388 e. The van der Waals surface area contributed by atoms with Crippen LogP contribution < -0.4 is 5.32 Å². The van der Waals surface area contributed by atoms with E-state index in [0.29, 0.717) is 17.6 Å². The molecule has 0 amide bonds. The van der Waals surface area contributed by atoms with Crippen LogP contribution in [0.2, 0.25) is 0 Å². The lowest BCUT2D eigenvalue weighted by atomic mass is 10.2. The van der Waals surface area contributed by atoms with E-state index in [-0.39, 0.29) is 0 Å². The Morgan fingerprint density at radius 3 is 1.89 bits per heavy atom. The summed E-state index contributed by atoms with van der Waals surface area (Å²) in [5, 5.41) is 9.98. The summed E-state index contributed by atoms with van der Waals surface area (Å²) < 4.78 is 0. The monoisotopic (exact) mass is 248 g/mol. The molecule has 0 radical (unpaired) electrons. The molecule has 0 bridgehead atoms. The molecule has 18 heavy (non-hydrogen) atoms. The van der Waals surface area contributed by atoms with Gasteiger partial charge in [-0.15, -0.1) is 0 Å². The summed E-state index contributed by atoms with van der Waals surface area (Å²) in [4.78, 5) is 9.97. The summed E-state index contributed by atoms with van der Waals surface area (Å²) in [7, 11) is 1.91. The first-order chi connectivity index (χ1) is 8.65. The quantitative estimate of drug-likeness (QED) is 0.484. The van der Waals surface area contributed by atoms with E-state index in [1.54, 1.807) is 19.9 Å². The normalized spacial score (nSPS) is 9.06. The van der Waals surface area contributed by atoms with Crippen LogP contribution >= 0.6 is 0 Å². The van der Waals surface area contributed by atoms with Gasteiger partial charge in [0, 0.05) is 24.0 Å². The third-order valence-electron chi connectivity index (χ3n) is 1.93. The van der Waals surface area contributed by atoms with Crippen LogP contribution in [0.15, 0.2) is 42.0 Å². The average molecular weight is 248 g/mol. The molecule has 0 atom stereocenters. The zero-order valence-corrected chi connectivity index (χ0v) is 11.9. The minimum Gasteiger partial charge on any atom is -0.388 e. The molecule has 0 saturated carbocycles. The smallest absolute Gasteiger partial charge is 0.151 e. The lowest BCUT2D eigenvalue weighted by Gasteiger charge is -1.94. The van der Waals surface area contributed by atoms with Gasteiger partial charge in [-0.3, -0.25) is 4.79 Å². The van der Waals surface area contributed by atoms with Gasteiger partial charge in [-0.25, -0.2) is 0 Å². The molecule has 0 aromatic heterocycles. The summed E-state index contributed by atoms with van der Waals surface area (Å²) in [6, 6.07) is 10.1. The lowest BCUT2D eigenvalue weighted by molar-refractivity contribution is -0.104. The minimum atomic E-state index is 0.322. The first-order valence-corrected chi connectivity index (χ1v) is 6.05. The highest BCUT2D eigenvalue weighted by Gasteiger charge is 1.91. The Balaban J connectivity index is 0. The van der Waals surface area contributed by atoms with Crippen molar-refractivity contribution >= 4 is 17.7 Å². The maximum absolute atomic E-state index is 9.97. The van der Waals surface area contributed by atoms with Crippen LogP contribution in [-0.4, -0.2) is 19.0 Å². The maximum atomic E-state index is 9.97. The molecule has 0 aliphatic carbocycles. The number of hydrogen-bond donors (Lipinski definition) is 2. The van der Waals surface area contributed by atoms with Crippen LogP contribution in [0.1, 0.15) is 27.7 Å². The fourth-order valence-electron chi connectivity index (χ4n) is 0.978. The molecular weight excluding hydrogens is 224 g/mol. The van der Waals surface area contributed by atoms with Crippen LogP contribution in [-0.2, 0) is 4.79 Å². The minimum absolute atomic E-state index is 0.322.